The van der Waals surface area contributed by atoms with Crippen molar-refractivity contribution in [3.63, 3.8) is 0 Å². The van der Waals surface area contributed by atoms with Crippen LogP contribution in [-0.4, -0.2) is 11.0 Å². The summed E-state index contributed by atoms with van der Waals surface area (Å²) in [5, 5.41) is 0. The number of hydrogen-bond acceptors (Lipinski definition) is 3. The van der Waals surface area contributed by atoms with Crippen LogP contribution in [0, 0.1) is 6.92 Å². The largest absolute Gasteiger partial charge is 0.459 e. The number of ether oxygens (including phenoxy) is 1. The zero-order chi connectivity index (χ0) is 9.84. The number of carbonyl (C=O) groups is 1. The Kier molecular flexibility index (Phi) is 3.42. The molecule has 1 heterocycles. The first-order chi connectivity index (χ1) is 6.09. The second kappa shape index (κ2) is 4.37. The van der Waals surface area contributed by atoms with Crippen molar-refractivity contribution >= 4 is 21.9 Å². The van der Waals surface area contributed by atoms with E-state index in [1.165, 1.54) is 6.92 Å². The van der Waals surface area contributed by atoms with Crippen molar-refractivity contribution in [3.8, 4) is 0 Å². The number of nitrogens with zero attached hydrogens (tertiary/aromatic N) is 1. The Morgan fingerprint density at radius 2 is 2.38 bits per heavy atom. The quantitative estimate of drug-likeness (QED) is 0.748. The van der Waals surface area contributed by atoms with Gasteiger partial charge in [0.1, 0.15) is 6.61 Å². The lowest BCUT2D eigenvalue weighted by molar-refractivity contribution is -0.142. The summed E-state index contributed by atoms with van der Waals surface area (Å²) < 4.78 is 5.76. The van der Waals surface area contributed by atoms with Gasteiger partial charge in [0.2, 0.25) is 0 Å². The van der Waals surface area contributed by atoms with Gasteiger partial charge >= 0.3 is 5.97 Å². The van der Waals surface area contributed by atoms with Crippen molar-refractivity contribution in [1.29, 1.82) is 0 Å². The van der Waals surface area contributed by atoms with Gasteiger partial charge in [-0.1, -0.05) is 0 Å². The molecule has 0 aliphatic heterocycles. The van der Waals surface area contributed by atoms with E-state index in [0.717, 1.165) is 15.7 Å². The van der Waals surface area contributed by atoms with Gasteiger partial charge in [-0.25, -0.2) is 0 Å². The second-order valence-electron chi connectivity index (χ2n) is 2.70. The van der Waals surface area contributed by atoms with Crippen LogP contribution in [-0.2, 0) is 16.1 Å². The van der Waals surface area contributed by atoms with E-state index in [2.05, 4.69) is 20.9 Å². The number of aryl methyl sites for hydroxylation is 1. The van der Waals surface area contributed by atoms with Gasteiger partial charge in [-0.3, -0.25) is 9.78 Å². The Balaban J connectivity index is 2.72. The summed E-state index contributed by atoms with van der Waals surface area (Å²) in [6.07, 6.45) is 1.69. The van der Waals surface area contributed by atoms with Crippen LogP contribution in [0.3, 0.4) is 0 Å². The summed E-state index contributed by atoms with van der Waals surface area (Å²) in [4.78, 5) is 14.7. The van der Waals surface area contributed by atoms with Crippen LogP contribution >= 0.6 is 15.9 Å². The Hall–Kier alpha value is -0.900. The highest BCUT2D eigenvalue weighted by atomic mass is 79.9. The van der Waals surface area contributed by atoms with Crippen molar-refractivity contribution in [2.24, 2.45) is 0 Å². The van der Waals surface area contributed by atoms with E-state index in [1.807, 2.05) is 13.0 Å². The lowest BCUT2D eigenvalue weighted by Crippen LogP contribution is -2.02. The SMILES string of the molecule is CC(=O)OCc1ncc(Br)cc1C. The van der Waals surface area contributed by atoms with Crippen LogP contribution in [0.1, 0.15) is 18.2 Å². The molecule has 0 radical (unpaired) electrons. The normalized spacial score (nSPS) is 9.77. The number of pyridine rings is 1. The molecular formula is C9H10BrNO2. The lowest BCUT2D eigenvalue weighted by Gasteiger charge is -2.04. The minimum atomic E-state index is -0.288. The first-order valence-corrected chi connectivity index (χ1v) is 4.63. The summed E-state index contributed by atoms with van der Waals surface area (Å²) in [5.74, 6) is -0.288. The number of esters is 1. The van der Waals surface area contributed by atoms with Crippen LogP contribution in [0.5, 0.6) is 0 Å². The van der Waals surface area contributed by atoms with E-state index >= 15 is 0 Å². The number of hydrogen-bond donors (Lipinski definition) is 0. The van der Waals surface area contributed by atoms with Gasteiger partial charge in [0, 0.05) is 17.6 Å². The Bertz CT molecular complexity index is 325. The predicted octanol–water partition coefficient (Wildman–Crippen LogP) is 2.22. The average molecular weight is 244 g/mol. The number of rotatable bonds is 2. The predicted molar refractivity (Wildman–Crippen MR) is 52.1 cm³/mol. The minimum absolute atomic E-state index is 0.244. The fraction of sp³-hybridized carbons (Fsp3) is 0.333. The number of aromatic nitrogens is 1. The van der Waals surface area contributed by atoms with Crippen LogP contribution in [0.15, 0.2) is 16.7 Å². The summed E-state index contributed by atoms with van der Waals surface area (Å²) in [6, 6.07) is 1.94. The first-order valence-electron chi connectivity index (χ1n) is 3.84. The van der Waals surface area contributed by atoms with Crippen molar-refractivity contribution < 1.29 is 9.53 Å². The molecule has 4 heteroatoms. The highest BCUT2D eigenvalue weighted by Crippen LogP contribution is 2.13. The highest BCUT2D eigenvalue weighted by molar-refractivity contribution is 9.10. The third-order valence-electron chi connectivity index (χ3n) is 1.57. The molecule has 70 valence electrons. The van der Waals surface area contributed by atoms with E-state index in [9.17, 15) is 4.79 Å². The molecule has 1 aromatic rings. The van der Waals surface area contributed by atoms with Gasteiger partial charge in [-0.15, -0.1) is 0 Å². The summed E-state index contributed by atoms with van der Waals surface area (Å²) in [7, 11) is 0. The fourth-order valence-electron chi connectivity index (χ4n) is 0.890. The van der Waals surface area contributed by atoms with Crippen LogP contribution in [0.2, 0.25) is 0 Å². The summed E-state index contributed by atoms with van der Waals surface area (Å²) in [6.45, 7) is 3.55. The average Bonchev–Trinajstić information content (AvgIpc) is 2.02. The maximum Gasteiger partial charge on any atom is 0.303 e. The summed E-state index contributed by atoms with van der Waals surface area (Å²) in [5.41, 5.74) is 1.80. The molecule has 1 aromatic heterocycles. The van der Waals surface area contributed by atoms with Gasteiger partial charge in [0.25, 0.3) is 0 Å². The number of carbonyl (C=O) groups excluding carboxylic acids is 1. The summed E-state index contributed by atoms with van der Waals surface area (Å²) >= 11 is 3.31. The van der Waals surface area contributed by atoms with E-state index < -0.39 is 0 Å². The van der Waals surface area contributed by atoms with Gasteiger partial charge < -0.3 is 4.74 Å². The standard InChI is InChI=1S/C9H10BrNO2/c1-6-3-8(10)4-11-9(6)5-13-7(2)12/h3-4H,5H2,1-2H3. The molecule has 0 fully saturated rings. The molecule has 0 unspecified atom stereocenters. The molecule has 0 N–H and O–H groups in total. The minimum Gasteiger partial charge on any atom is -0.459 e. The molecule has 13 heavy (non-hydrogen) atoms. The molecule has 0 bridgehead atoms. The zero-order valence-electron chi connectivity index (χ0n) is 7.50. The molecular weight excluding hydrogens is 234 g/mol. The first kappa shape index (κ1) is 10.2. The monoisotopic (exact) mass is 243 g/mol. The lowest BCUT2D eigenvalue weighted by atomic mass is 10.2. The van der Waals surface area contributed by atoms with Crippen molar-refractivity contribution in [2.75, 3.05) is 0 Å². The Morgan fingerprint density at radius 1 is 1.69 bits per heavy atom. The highest BCUT2D eigenvalue weighted by Gasteiger charge is 2.02. The third-order valence-corrected chi connectivity index (χ3v) is 2.00. The smallest absolute Gasteiger partial charge is 0.303 e. The van der Waals surface area contributed by atoms with Gasteiger partial charge in [-0.2, -0.15) is 0 Å². The maximum absolute atomic E-state index is 10.5. The topological polar surface area (TPSA) is 39.2 Å². The van der Waals surface area contributed by atoms with E-state index in [1.54, 1.807) is 6.20 Å². The van der Waals surface area contributed by atoms with Gasteiger partial charge in [-0.05, 0) is 34.5 Å². The molecule has 0 atom stereocenters. The van der Waals surface area contributed by atoms with E-state index in [4.69, 9.17) is 4.74 Å². The molecule has 0 amide bonds. The molecule has 0 aliphatic rings. The molecule has 0 aliphatic carbocycles. The van der Waals surface area contributed by atoms with Crippen LogP contribution in [0.4, 0.5) is 0 Å². The van der Waals surface area contributed by atoms with Crippen LogP contribution < -0.4 is 0 Å². The third kappa shape index (κ3) is 3.14. The van der Waals surface area contributed by atoms with E-state index in [0.29, 0.717) is 0 Å². The molecule has 0 spiro atoms. The molecule has 1 rings (SSSR count). The Labute approximate surface area is 85.3 Å². The van der Waals surface area contributed by atoms with E-state index in [-0.39, 0.29) is 12.6 Å². The fourth-order valence-corrected chi connectivity index (χ4v) is 1.34. The molecule has 0 saturated heterocycles. The van der Waals surface area contributed by atoms with Crippen LogP contribution in [0.25, 0.3) is 0 Å². The van der Waals surface area contributed by atoms with Gasteiger partial charge in [0.05, 0.1) is 5.69 Å². The van der Waals surface area contributed by atoms with Gasteiger partial charge in [0.15, 0.2) is 0 Å². The zero-order valence-corrected chi connectivity index (χ0v) is 9.09. The van der Waals surface area contributed by atoms with Crippen molar-refractivity contribution in [3.05, 3.63) is 28.0 Å². The Morgan fingerprint density at radius 3 is 2.92 bits per heavy atom. The molecule has 0 saturated carbocycles. The van der Waals surface area contributed by atoms with Crippen molar-refractivity contribution in [2.45, 2.75) is 20.5 Å². The molecule has 0 aromatic carbocycles. The van der Waals surface area contributed by atoms with Crippen molar-refractivity contribution in [1.82, 2.24) is 4.98 Å². The second-order valence-corrected chi connectivity index (χ2v) is 3.61. The molecule has 3 nitrogen and oxygen atoms in total. The maximum atomic E-state index is 10.5. The number of halogens is 1.